The molecule has 2 unspecified atom stereocenters. The number of likely N-dealkylation sites (tertiary alicyclic amines) is 1. The molecule has 3 heterocycles. The van der Waals surface area contributed by atoms with Crippen LogP contribution >= 0.6 is 0 Å². The molecule has 0 aromatic heterocycles. The molecule has 1 saturated heterocycles. The number of nitrogens with zero attached hydrogens (tertiary/aromatic N) is 4. The Morgan fingerprint density at radius 2 is 1.65 bits per heavy atom. The number of hydrazone groups is 1. The van der Waals surface area contributed by atoms with Gasteiger partial charge in [-0.3, -0.25) is 19.5 Å². The molecule has 8 heteroatoms. The van der Waals surface area contributed by atoms with Crippen LogP contribution in [-0.2, 0) is 25.5 Å². The van der Waals surface area contributed by atoms with Crippen LogP contribution < -0.4 is 5.01 Å². The van der Waals surface area contributed by atoms with Crippen LogP contribution in [0.4, 0.5) is 5.69 Å². The summed E-state index contributed by atoms with van der Waals surface area (Å²) in [5.41, 5.74) is 3.62. The molecule has 1 fully saturated rings. The number of amides is 2. The van der Waals surface area contributed by atoms with Gasteiger partial charge >= 0.3 is 0 Å². The number of carbonyl (C=O) groups is 2. The fraction of sp³-hybridized carbons (Fsp3) is 0.423. The number of imide groups is 1. The summed E-state index contributed by atoms with van der Waals surface area (Å²) in [6, 6.07) is 14.8. The number of para-hydroxylation sites is 1. The van der Waals surface area contributed by atoms with Crippen molar-refractivity contribution in [2.24, 2.45) is 11.0 Å². The van der Waals surface area contributed by atoms with Gasteiger partial charge in [0.1, 0.15) is 12.0 Å². The molecule has 5 rings (SSSR count). The summed E-state index contributed by atoms with van der Waals surface area (Å²) in [6.07, 6.45) is 0. The molecule has 3 aliphatic rings. The van der Waals surface area contributed by atoms with E-state index in [2.05, 4.69) is 39.8 Å². The van der Waals surface area contributed by atoms with Gasteiger partial charge in [0, 0.05) is 0 Å². The summed E-state index contributed by atoms with van der Waals surface area (Å²) in [5.74, 6) is -1.38. The predicted molar refractivity (Wildman–Crippen MR) is 128 cm³/mol. The number of carbonyl (C=O) groups excluding carboxylic acids is 2. The van der Waals surface area contributed by atoms with E-state index in [9.17, 15) is 14.7 Å². The van der Waals surface area contributed by atoms with Gasteiger partial charge in [0.2, 0.25) is 5.91 Å². The summed E-state index contributed by atoms with van der Waals surface area (Å²) >= 11 is 0. The van der Waals surface area contributed by atoms with Crippen molar-refractivity contribution in [1.82, 2.24) is 9.96 Å². The Balaban J connectivity index is 1.64. The van der Waals surface area contributed by atoms with Crippen LogP contribution in [0.5, 0.6) is 0 Å². The van der Waals surface area contributed by atoms with Crippen molar-refractivity contribution < 1.29 is 19.5 Å². The number of rotatable bonds is 5. The minimum absolute atomic E-state index is 0.0191. The zero-order valence-corrected chi connectivity index (χ0v) is 20.1. The summed E-state index contributed by atoms with van der Waals surface area (Å²) in [7, 11) is 1.68. The van der Waals surface area contributed by atoms with Crippen molar-refractivity contribution in [3.05, 3.63) is 65.2 Å². The van der Waals surface area contributed by atoms with Gasteiger partial charge in [-0.05, 0) is 62.6 Å². The summed E-state index contributed by atoms with van der Waals surface area (Å²) in [4.78, 5) is 33.6. The second-order valence-corrected chi connectivity index (χ2v) is 9.99. The number of anilines is 1. The van der Waals surface area contributed by atoms with Crippen molar-refractivity contribution in [3.8, 4) is 0 Å². The Kier molecular flexibility index (Phi) is 5.16. The number of hydrogen-bond acceptors (Lipinski definition) is 7. The van der Waals surface area contributed by atoms with E-state index >= 15 is 0 Å². The molecule has 2 atom stereocenters. The largest absolute Gasteiger partial charge is 0.395 e. The molecule has 178 valence electrons. The maximum atomic E-state index is 13.4. The van der Waals surface area contributed by atoms with E-state index in [0.717, 1.165) is 27.3 Å². The SMILES string of the molecule is CON1C(C)(C)c2ccc(C3=NN(c4ccccc4)C4C(=O)N(CCO)C(=O)C34)cc2C1(C)C. The quantitative estimate of drug-likeness (QED) is 0.688. The molecular weight excluding hydrogens is 432 g/mol. The third-order valence-electron chi connectivity index (χ3n) is 7.32. The molecule has 2 amide bonds. The Bertz CT molecular complexity index is 1190. The first-order valence-corrected chi connectivity index (χ1v) is 11.5. The van der Waals surface area contributed by atoms with Crippen LogP contribution in [-0.4, -0.2) is 58.9 Å². The number of benzene rings is 2. The molecule has 0 radical (unpaired) electrons. The van der Waals surface area contributed by atoms with E-state index in [4.69, 9.17) is 9.94 Å². The van der Waals surface area contributed by atoms with Crippen molar-refractivity contribution in [2.45, 2.75) is 44.8 Å². The molecule has 1 N–H and O–H groups in total. The number of aliphatic hydroxyl groups is 1. The van der Waals surface area contributed by atoms with Crippen LogP contribution in [0.25, 0.3) is 0 Å². The Morgan fingerprint density at radius 3 is 2.29 bits per heavy atom. The zero-order valence-electron chi connectivity index (χ0n) is 20.1. The molecule has 8 nitrogen and oxygen atoms in total. The van der Waals surface area contributed by atoms with Gasteiger partial charge in [0.15, 0.2) is 0 Å². The number of aliphatic hydroxyl groups excluding tert-OH is 1. The molecule has 34 heavy (non-hydrogen) atoms. The number of hydrogen-bond donors (Lipinski definition) is 1. The standard InChI is InChI=1S/C26H30N4O4/c1-25(2)18-12-11-16(15-19(18)26(3,4)30(25)34-5)21-20-22(24(33)28(13-14-31)23(20)32)29(27-21)17-9-7-6-8-10-17/h6-12,15,20,22,31H,13-14H2,1-5H3. The normalized spacial score (nSPS) is 25.1. The third kappa shape index (κ3) is 2.99. The first kappa shape index (κ1) is 22.7. The molecule has 0 bridgehead atoms. The molecular formula is C26H30N4O4. The van der Waals surface area contributed by atoms with Crippen LogP contribution in [0, 0.1) is 5.92 Å². The first-order valence-electron chi connectivity index (χ1n) is 11.5. The lowest BCUT2D eigenvalue weighted by molar-refractivity contribution is -0.241. The third-order valence-corrected chi connectivity index (χ3v) is 7.32. The second kappa shape index (κ2) is 7.73. The predicted octanol–water partition coefficient (Wildman–Crippen LogP) is 2.60. The summed E-state index contributed by atoms with van der Waals surface area (Å²) in [6.45, 7) is 8.16. The van der Waals surface area contributed by atoms with Gasteiger partial charge in [-0.15, -0.1) is 0 Å². The van der Waals surface area contributed by atoms with Gasteiger partial charge < -0.3 is 9.94 Å². The molecule has 2 aromatic rings. The van der Waals surface area contributed by atoms with Crippen LogP contribution in [0.3, 0.4) is 0 Å². The summed E-state index contributed by atoms with van der Waals surface area (Å²) in [5, 5.41) is 17.9. The average molecular weight is 463 g/mol. The Hall–Kier alpha value is -3.07. The van der Waals surface area contributed by atoms with Crippen LogP contribution in [0.1, 0.15) is 44.4 Å². The van der Waals surface area contributed by atoms with Crippen LogP contribution in [0.15, 0.2) is 53.6 Å². The number of β-amino-alcohol motifs (C(OH)–C–C–N with tert-alkyl or cyclic N) is 1. The highest BCUT2D eigenvalue weighted by Gasteiger charge is 2.57. The van der Waals surface area contributed by atoms with Gasteiger partial charge in [0.05, 0.1) is 42.7 Å². The van der Waals surface area contributed by atoms with E-state index in [0.29, 0.717) is 5.71 Å². The molecule has 0 saturated carbocycles. The van der Waals surface area contributed by atoms with Crippen molar-refractivity contribution >= 4 is 23.2 Å². The molecule has 3 aliphatic heterocycles. The zero-order chi connectivity index (χ0) is 24.4. The maximum absolute atomic E-state index is 13.4. The fourth-order valence-corrected chi connectivity index (χ4v) is 5.94. The van der Waals surface area contributed by atoms with Crippen molar-refractivity contribution in [3.63, 3.8) is 0 Å². The average Bonchev–Trinajstić information content (AvgIpc) is 3.37. The van der Waals surface area contributed by atoms with E-state index in [-0.39, 0.29) is 30.5 Å². The topological polar surface area (TPSA) is 85.7 Å². The minimum Gasteiger partial charge on any atom is -0.395 e. The number of hydroxylamine groups is 2. The minimum atomic E-state index is -0.760. The highest BCUT2D eigenvalue weighted by atomic mass is 16.7. The smallest absolute Gasteiger partial charge is 0.255 e. The van der Waals surface area contributed by atoms with Crippen molar-refractivity contribution in [1.29, 1.82) is 0 Å². The lowest BCUT2D eigenvalue weighted by Gasteiger charge is -2.38. The highest BCUT2D eigenvalue weighted by molar-refractivity contribution is 6.25. The molecule has 0 spiro atoms. The Morgan fingerprint density at radius 1 is 0.971 bits per heavy atom. The van der Waals surface area contributed by atoms with Crippen LogP contribution in [0.2, 0.25) is 0 Å². The van der Waals surface area contributed by atoms with E-state index in [1.807, 2.05) is 41.5 Å². The number of fused-ring (bicyclic) bond motifs is 2. The van der Waals surface area contributed by atoms with Gasteiger partial charge in [-0.2, -0.15) is 10.2 Å². The fourth-order valence-electron chi connectivity index (χ4n) is 5.94. The molecule has 2 aromatic carbocycles. The lowest BCUT2D eigenvalue weighted by Crippen LogP contribution is -2.44. The van der Waals surface area contributed by atoms with E-state index in [1.54, 1.807) is 12.1 Å². The van der Waals surface area contributed by atoms with Gasteiger partial charge in [-0.25, -0.2) is 0 Å². The van der Waals surface area contributed by atoms with E-state index < -0.39 is 17.5 Å². The maximum Gasteiger partial charge on any atom is 0.255 e. The highest BCUT2D eigenvalue weighted by Crippen LogP contribution is 2.50. The lowest BCUT2D eigenvalue weighted by atomic mass is 9.86. The van der Waals surface area contributed by atoms with Gasteiger partial charge in [0.25, 0.3) is 5.91 Å². The second-order valence-electron chi connectivity index (χ2n) is 9.99. The first-order chi connectivity index (χ1) is 16.1. The van der Waals surface area contributed by atoms with Crippen molar-refractivity contribution in [2.75, 3.05) is 25.3 Å². The monoisotopic (exact) mass is 462 g/mol. The summed E-state index contributed by atoms with van der Waals surface area (Å²) < 4.78 is 0. The van der Waals surface area contributed by atoms with Gasteiger partial charge in [-0.1, -0.05) is 30.3 Å². The van der Waals surface area contributed by atoms with E-state index in [1.165, 1.54) is 0 Å². The Labute approximate surface area is 199 Å². The molecule has 0 aliphatic carbocycles.